The van der Waals surface area contributed by atoms with Crippen LogP contribution in [0.5, 0.6) is 0 Å². The highest BCUT2D eigenvalue weighted by atomic mass is 16.1. The first kappa shape index (κ1) is 10.7. The van der Waals surface area contributed by atoms with E-state index in [1.807, 2.05) is 6.92 Å². The van der Waals surface area contributed by atoms with Gasteiger partial charge in [-0.2, -0.15) is 0 Å². The van der Waals surface area contributed by atoms with Crippen LogP contribution in [0.4, 0.5) is 11.5 Å². The zero-order valence-electron chi connectivity index (χ0n) is 9.31. The van der Waals surface area contributed by atoms with Gasteiger partial charge in [0.2, 0.25) is 0 Å². The van der Waals surface area contributed by atoms with Gasteiger partial charge >= 0.3 is 0 Å². The van der Waals surface area contributed by atoms with Gasteiger partial charge in [-0.1, -0.05) is 0 Å². The summed E-state index contributed by atoms with van der Waals surface area (Å²) >= 11 is 0. The molecule has 86 valence electrons. The van der Waals surface area contributed by atoms with Crippen LogP contribution in [0.25, 0.3) is 0 Å². The topological polar surface area (TPSA) is 85.2 Å². The normalized spacial score (nSPS) is 14.8. The monoisotopic (exact) mass is 220 g/mol. The minimum absolute atomic E-state index is 0.411. The van der Waals surface area contributed by atoms with E-state index in [4.69, 9.17) is 11.5 Å². The van der Waals surface area contributed by atoms with Gasteiger partial charge in [-0.05, 0) is 25.8 Å². The van der Waals surface area contributed by atoms with Gasteiger partial charge in [-0.25, -0.2) is 4.98 Å². The molecule has 0 unspecified atom stereocenters. The Morgan fingerprint density at radius 3 is 2.81 bits per heavy atom. The summed E-state index contributed by atoms with van der Waals surface area (Å²) in [6, 6.07) is 2.09. The summed E-state index contributed by atoms with van der Waals surface area (Å²) in [5.74, 6) is 0.181. The zero-order valence-corrected chi connectivity index (χ0v) is 9.31. The highest BCUT2D eigenvalue weighted by Gasteiger charge is 2.30. The standard InChI is InChI=1S/C11H16N4O/c1-2-15(8-3-4-8)11-9(10(13)16)5-7(12)6-14-11/h5-6,8H,2-4,12H2,1H3,(H2,13,16). The third-order valence-corrected chi connectivity index (χ3v) is 2.75. The smallest absolute Gasteiger partial charge is 0.252 e. The lowest BCUT2D eigenvalue weighted by Gasteiger charge is -2.23. The van der Waals surface area contributed by atoms with Crippen molar-refractivity contribution in [2.75, 3.05) is 17.2 Å². The number of hydrogen-bond donors (Lipinski definition) is 2. The third kappa shape index (κ3) is 1.93. The van der Waals surface area contributed by atoms with E-state index >= 15 is 0 Å². The van der Waals surface area contributed by atoms with Gasteiger partial charge in [-0.3, -0.25) is 4.79 Å². The van der Waals surface area contributed by atoms with E-state index in [1.54, 1.807) is 12.3 Å². The molecule has 5 heteroatoms. The molecular formula is C11H16N4O. The summed E-state index contributed by atoms with van der Waals surface area (Å²) in [5, 5.41) is 0. The molecule has 1 aromatic rings. The van der Waals surface area contributed by atoms with Crippen molar-refractivity contribution in [3.05, 3.63) is 17.8 Å². The number of nitrogens with two attached hydrogens (primary N) is 2. The zero-order chi connectivity index (χ0) is 11.7. The maximum atomic E-state index is 11.3. The number of pyridine rings is 1. The van der Waals surface area contributed by atoms with Gasteiger partial charge in [0.25, 0.3) is 5.91 Å². The quantitative estimate of drug-likeness (QED) is 0.784. The number of nitrogens with zero attached hydrogens (tertiary/aromatic N) is 2. The molecule has 0 spiro atoms. The summed E-state index contributed by atoms with van der Waals surface area (Å²) in [6.07, 6.45) is 3.86. The lowest BCUT2D eigenvalue weighted by Crippen LogP contribution is -2.29. The van der Waals surface area contributed by atoms with Crippen LogP contribution >= 0.6 is 0 Å². The van der Waals surface area contributed by atoms with Crippen molar-refractivity contribution in [2.45, 2.75) is 25.8 Å². The van der Waals surface area contributed by atoms with Crippen LogP contribution in [0.15, 0.2) is 12.3 Å². The molecule has 0 aromatic carbocycles. The van der Waals surface area contributed by atoms with E-state index < -0.39 is 5.91 Å². The Kier molecular flexibility index (Phi) is 2.68. The summed E-state index contributed by atoms with van der Waals surface area (Å²) in [4.78, 5) is 17.7. The van der Waals surface area contributed by atoms with Crippen molar-refractivity contribution in [1.82, 2.24) is 4.98 Å². The molecule has 0 saturated heterocycles. The maximum absolute atomic E-state index is 11.3. The molecule has 0 bridgehead atoms. The fraction of sp³-hybridized carbons (Fsp3) is 0.455. The molecule has 1 aliphatic rings. The minimum atomic E-state index is -0.478. The van der Waals surface area contributed by atoms with Crippen LogP contribution in [0, 0.1) is 0 Å². The second-order valence-corrected chi connectivity index (χ2v) is 4.02. The van der Waals surface area contributed by atoms with E-state index in [0.29, 0.717) is 23.1 Å². The summed E-state index contributed by atoms with van der Waals surface area (Å²) < 4.78 is 0. The lowest BCUT2D eigenvalue weighted by atomic mass is 10.2. The van der Waals surface area contributed by atoms with Crippen molar-refractivity contribution < 1.29 is 4.79 Å². The van der Waals surface area contributed by atoms with E-state index in [-0.39, 0.29) is 0 Å². The molecule has 1 amide bonds. The summed E-state index contributed by atoms with van der Waals surface area (Å²) in [7, 11) is 0. The van der Waals surface area contributed by atoms with Crippen molar-refractivity contribution >= 4 is 17.4 Å². The van der Waals surface area contributed by atoms with Crippen molar-refractivity contribution in [3.8, 4) is 0 Å². The largest absolute Gasteiger partial charge is 0.397 e. The highest BCUT2D eigenvalue weighted by molar-refractivity contribution is 5.98. The fourth-order valence-corrected chi connectivity index (χ4v) is 1.85. The number of primary amides is 1. The van der Waals surface area contributed by atoms with Crippen molar-refractivity contribution in [3.63, 3.8) is 0 Å². The highest BCUT2D eigenvalue weighted by Crippen LogP contribution is 2.32. The van der Waals surface area contributed by atoms with Crippen LogP contribution in [-0.2, 0) is 0 Å². The number of aromatic nitrogens is 1. The van der Waals surface area contributed by atoms with E-state index in [2.05, 4.69) is 9.88 Å². The second-order valence-electron chi connectivity index (χ2n) is 4.02. The molecule has 1 aromatic heterocycles. The first-order chi connectivity index (χ1) is 7.63. The lowest BCUT2D eigenvalue weighted by molar-refractivity contribution is 0.100. The number of amides is 1. The summed E-state index contributed by atoms with van der Waals surface area (Å²) in [6.45, 7) is 2.86. The predicted molar refractivity (Wildman–Crippen MR) is 63.2 cm³/mol. The minimum Gasteiger partial charge on any atom is -0.397 e. The molecule has 0 atom stereocenters. The maximum Gasteiger partial charge on any atom is 0.252 e. The van der Waals surface area contributed by atoms with Gasteiger partial charge in [-0.15, -0.1) is 0 Å². The number of anilines is 2. The van der Waals surface area contributed by atoms with E-state index in [9.17, 15) is 4.79 Å². The van der Waals surface area contributed by atoms with Gasteiger partial charge in [0.15, 0.2) is 0 Å². The molecule has 5 nitrogen and oxygen atoms in total. The van der Waals surface area contributed by atoms with Crippen LogP contribution in [0.3, 0.4) is 0 Å². The first-order valence-electron chi connectivity index (χ1n) is 5.45. The van der Waals surface area contributed by atoms with E-state index in [1.165, 1.54) is 0 Å². The molecule has 1 heterocycles. The van der Waals surface area contributed by atoms with Gasteiger partial charge < -0.3 is 16.4 Å². The Balaban J connectivity index is 2.41. The number of rotatable bonds is 4. The number of hydrogen-bond acceptors (Lipinski definition) is 4. The number of carbonyl (C=O) groups excluding carboxylic acids is 1. The van der Waals surface area contributed by atoms with Gasteiger partial charge in [0, 0.05) is 12.6 Å². The molecule has 16 heavy (non-hydrogen) atoms. The fourth-order valence-electron chi connectivity index (χ4n) is 1.85. The Bertz CT molecular complexity index is 414. The molecular weight excluding hydrogens is 204 g/mol. The third-order valence-electron chi connectivity index (χ3n) is 2.75. The van der Waals surface area contributed by atoms with Crippen LogP contribution in [0.1, 0.15) is 30.1 Å². The average molecular weight is 220 g/mol. The first-order valence-corrected chi connectivity index (χ1v) is 5.45. The van der Waals surface area contributed by atoms with Crippen LogP contribution in [0.2, 0.25) is 0 Å². The van der Waals surface area contributed by atoms with Crippen molar-refractivity contribution in [2.24, 2.45) is 5.73 Å². The molecule has 0 aliphatic heterocycles. The van der Waals surface area contributed by atoms with E-state index in [0.717, 1.165) is 19.4 Å². The molecule has 2 rings (SSSR count). The Labute approximate surface area is 94.4 Å². The number of nitrogen functional groups attached to an aromatic ring is 1. The molecule has 0 radical (unpaired) electrons. The predicted octanol–water partition coefficient (Wildman–Crippen LogP) is 0.751. The molecule has 4 N–H and O–H groups in total. The molecule has 1 saturated carbocycles. The molecule has 1 fully saturated rings. The van der Waals surface area contributed by atoms with Crippen LogP contribution in [-0.4, -0.2) is 23.5 Å². The SMILES string of the molecule is CCN(c1ncc(N)cc1C(N)=O)C1CC1. The summed E-state index contributed by atoms with van der Waals surface area (Å²) in [5.41, 5.74) is 11.8. The average Bonchev–Trinajstić information content (AvgIpc) is 3.05. The Hall–Kier alpha value is -1.78. The number of carbonyl (C=O) groups is 1. The van der Waals surface area contributed by atoms with Gasteiger partial charge in [0.1, 0.15) is 5.82 Å². The van der Waals surface area contributed by atoms with Crippen LogP contribution < -0.4 is 16.4 Å². The van der Waals surface area contributed by atoms with Gasteiger partial charge in [0.05, 0.1) is 17.4 Å². The molecule has 1 aliphatic carbocycles. The Morgan fingerprint density at radius 2 is 2.31 bits per heavy atom. The Morgan fingerprint density at radius 1 is 1.62 bits per heavy atom. The second kappa shape index (κ2) is 4.00. The van der Waals surface area contributed by atoms with Crippen molar-refractivity contribution in [1.29, 1.82) is 0 Å².